The minimum absolute atomic E-state index is 0. The van der Waals surface area contributed by atoms with Gasteiger partial charge in [0, 0.05) is 6.07 Å². The zero-order valence-electron chi connectivity index (χ0n) is 3.51. The molecule has 25 valence electrons. The summed E-state index contributed by atoms with van der Waals surface area (Å²) in [6.07, 6.45) is 3.90. The smallest absolute Gasteiger partial charge is 0.364 e. The number of rotatable bonds is 0. The normalized spacial score (nSPS) is 8.00. The molecule has 0 bridgehead atoms. The molecular weight excluding hydrogens is 66.0 g/mol. The molecule has 1 rings (SSSR count). The first-order chi connectivity index (χ1) is 2.50. The fraction of sp³-hybridized carbons (Fsp3) is 0. The van der Waals surface area contributed by atoms with E-state index in [-0.39, 0.29) is 1.43 Å². The van der Waals surface area contributed by atoms with Crippen molar-refractivity contribution in [1.29, 1.82) is 0 Å². The Bertz CT molecular complexity index is 67.3. The van der Waals surface area contributed by atoms with Crippen LogP contribution in [0.3, 0.4) is 0 Å². The van der Waals surface area contributed by atoms with E-state index >= 15 is 0 Å². The number of hydrogen-bond acceptors (Lipinski definition) is 2. The fourth-order valence-corrected chi connectivity index (χ4v) is 0.152. The highest BCUT2D eigenvalue weighted by molar-refractivity contribution is 4.65. The third-order valence-corrected chi connectivity index (χ3v) is 0.309. The van der Waals surface area contributed by atoms with E-state index in [1.54, 1.807) is 6.07 Å². The van der Waals surface area contributed by atoms with Crippen molar-refractivity contribution in [2.24, 2.45) is 0 Å². The number of aromatic nitrogens is 1. The van der Waals surface area contributed by atoms with Crippen molar-refractivity contribution in [2.75, 3.05) is 0 Å². The van der Waals surface area contributed by atoms with E-state index in [2.05, 4.69) is 15.9 Å². The lowest BCUT2D eigenvalue weighted by Gasteiger charge is -1.47. The summed E-state index contributed by atoms with van der Waals surface area (Å²) in [6, 6.07) is 1.60. The number of hydrogen-bond donors (Lipinski definition) is 0. The van der Waals surface area contributed by atoms with Crippen molar-refractivity contribution in [2.45, 2.75) is 0 Å². The van der Waals surface area contributed by atoms with Gasteiger partial charge in [0.25, 0.3) is 0 Å². The highest BCUT2D eigenvalue weighted by Gasteiger charge is 1.62. The third kappa shape index (κ3) is 0.265. The summed E-state index contributed by atoms with van der Waals surface area (Å²) in [4.78, 5) is 0. The number of nitrogens with zero attached hydrogens (tertiary/aromatic N) is 1. The molecule has 0 saturated heterocycles. The van der Waals surface area contributed by atoms with Crippen LogP contribution >= 0.6 is 0 Å². The molecule has 0 saturated carbocycles. The molecule has 0 spiro atoms. The molecule has 0 aliphatic heterocycles. The highest BCUT2D eigenvalue weighted by Crippen LogP contribution is 1.70. The molecule has 2 heteroatoms. The first-order valence-corrected chi connectivity index (χ1v) is 1.26. The predicted molar refractivity (Wildman–Crippen MR) is 16.5 cm³/mol. The van der Waals surface area contributed by atoms with Crippen LogP contribution in [0.4, 0.5) is 0 Å². The molecule has 1 radical (unpaired) electrons. The van der Waals surface area contributed by atoms with Crippen molar-refractivity contribution in [1.82, 2.24) is 5.16 Å². The van der Waals surface area contributed by atoms with Crippen molar-refractivity contribution < 1.29 is 5.95 Å². The van der Waals surface area contributed by atoms with E-state index in [0.29, 0.717) is 0 Å². The molecular formula is C3H3NO+. The van der Waals surface area contributed by atoms with Gasteiger partial charge in [-0.15, -0.1) is 0 Å². The summed E-state index contributed by atoms with van der Waals surface area (Å²) in [5, 5.41) is 3.22. The second kappa shape index (κ2) is 0.885. The molecule has 0 aliphatic rings. The van der Waals surface area contributed by atoms with Crippen molar-refractivity contribution in [3.8, 4) is 0 Å². The van der Waals surface area contributed by atoms with Gasteiger partial charge in [-0.2, -0.15) is 0 Å². The molecule has 2 nitrogen and oxygen atoms in total. The Morgan fingerprint density at radius 1 is 2.00 bits per heavy atom. The topological polar surface area (TPSA) is 26.0 Å². The second-order valence-corrected chi connectivity index (χ2v) is 0.629. The highest BCUT2D eigenvalue weighted by atomic mass is 16.5. The lowest BCUT2D eigenvalue weighted by molar-refractivity contribution is 0.418. The first kappa shape index (κ1) is 2.45. The van der Waals surface area contributed by atoms with Gasteiger partial charge in [-0.05, 0) is 0 Å². The summed E-state index contributed by atoms with van der Waals surface area (Å²) in [5.41, 5.74) is 0. The Morgan fingerprint density at radius 3 is 3.20 bits per heavy atom. The minimum Gasteiger partial charge on any atom is -0.364 e. The quantitative estimate of drug-likeness (QED) is 0.445. The lowest BCUT2D eigenvalue weighted by Crippen LogP contribution is -1.40. The molecule has 0 amide bonds. The fourth-order valence-electron chi connectivity index (χ4n) is 0.152. The standard InChI is InChI=1S/C3H2NO/c1-2-4-5-3-1/h1,3H/p+1. The molecule has 0 aromatic carbocycles. The van der Waals surface area contributed by atoms with E-state index in [4.69, 9.17) is 0 Å². The first-order valence-electron chi connectivity index (χ1n) is 1.26. The Morgan fingerprint density at radius 2 is 3.00 bits per heavy atom. The largest absolute Gasteiger partial charge is 1.00 e. The van der Waals surface area contributed by atoms with Gasteiger partial charge < -0.3 is 4.52 Å². The molecule has 5 heavy (non-hydrogen) atoms. The van der Waals surface area contributed by atoms with E-state index in [9.17, 15) is 0 Å². The van der Waals surface area contributed by atoms with Crippen molar-refractivity contribution in [3.05, 3.63) is 18.5 Å². The molecule has 0 fully saturated rings. The summed E-state index contributed by atoms with van der Waals surface area (Å²) in [7, 11) is 0. The summed E-state index contributed by atoms with van der Waals surface area (Å²) in [5.74, 6) is 0. The zero-order valence-corrected chi connectivity index (χ0v) is 2.51. The molecule has 0 aliphatic carbocycles. The van der Waals surface area contributed by atoms with E-state index in [0.717, 1.165) is 0 Å². The molecule has 0 unspecified atom stereocenters. The maximum absolute atomic E-state index is 4.28. The molecule has 1 aromatic heterocycles. The van der Waals surface area contributed by atoms with Crippen LogP contribution in [0.2, 0.25) is 0 Å². The molecule has 1 aromatic rings. The Labute approximate surface area is 30.9 Å². The van der Waals surface area contributed by atoms with Crippen LogP contribution in [0, 0.1) is 6.20 Å². The van der Waals surface area contributed by atoms with Crippen molar-refractivity contribution in [3.63, 3.8) is 0 Å². The van der Waals surface area contributed by atoms with E-state index in [1.807, 2.05) is 0 Å². The summed E-state index contributed by atoms with van der Waals surface area (Å²) >= 11 is 0. The third-order valence-electron chi connectivity index (χ3n) is 0.309. The van der Waals surface area contributed by atoms with Crippen LogP contribution in [-0.2, 0) is 0 Å². The summed E-state index contributed by atoms with van der Waals surface area (Å²) < 4.78 is 4.28. The van der Waals surface area contributed by atoms with Crippen LogP contribution in [0.5, 0.6) is 0 Å². The van der Waals surface area contributed by atoms with Crippen LogP contribution < -0.4 is 0 Å². The van der Waals surface area contributed by atoms with Gasteiger partial charge in [0.05, 0.1) is 0 Å². The molecule has 0 atom stereocenters. The average molecular weight is 69.1 g/mol. The summed E-state index contributed by atoms with van der Waals surface area (Å²) in [6.45, 7) is 0. The van der Waals surface area contributed by atoms with Crippen LogP contribution in [0.25, 0.3) is 0 Å². The minimum atomic E-state index is 0. The lowest BCUT2D eigenvalue weighted by atomic mass is 10.8. The van der Waals surface area contributed by atoms with Crippen LogP contribution in [0.15, 0.2) is 16.9 Å². The van der Waals surface area contributed by atoms with Crippen LogP contribution in [-0.4, -0.2) is 5.16 Å². The maximum atomic E-state index is 4.28. The van der Waals surface area contributed by atoms with E-state index < -0.39 is 0 Å². The molecule has 0 N–H and O–H groups in total. The van der Waals surface area contributed by atoms with Gasteiger partial charge in [-0.3, -0.25) is 0 Å². The van der Waals surface area contributed by atoms with Gasteiger partial charge in [-0.1, -0.05) is 5.16 Å². The van der Waals surface area contributed by atoms with E-state index in [1.165, 1.54) is 6.26 Å². The van der Waals surface area contributed by atoms with Gasteiger partial charge in [0.1, 0.15) is 12.5 Å². The molecule has 1 heterocycles. The van der Waals surface area contributed by atoms with Gasteiger partial charge >= 0.3 is 1.43 Å². The zero-order chi connectivity index (χ0) is 3.54. The Balaban J connectivity index is 0.000000250. The van der Waals surface area contributed by atoms with Gasteiger partial charge in [0.15, 0.2) is 0 Å². The SMILES string of the molecule is [H+].[c]1ccon1. The monoisotopic (exact) mass is 69.0 g/mol. The Hall–Kier alpha value is -0.790. The predicted octanol–water partition coefficient (Wildman–Crippen LogP) is 0.587. The van der Waals surface area contributed by atoms with Gasteiger partial charge in [0.2, 0.25) is 0 Å². The maximum Gasteiger partial charge on any atom is 1.00 e. The van der Waals surface area contributed by atoms with Crippen LogP contribution in [0.1, 0.15) is 1.43 Å². The average Bonchev–Trinajstić information content (AvgIpc) is 1.76. The second-order valence-electron chi connectivity index (χ2n) is 0.629. The Kier molecular flexibility index (Phi) is 0.433. The van der Waals surface area contributed by atoms with Gasteiger partial charge in [-0.25, -0.2) is 0 Å². The van der Waals surface area contributed by atoms with Crippen molar-refractivity contribution >= 4 is 0 Å².